The highest BCUT2D eigenvalue weighted by Crippen LogP contribution is 2.18. The maximum atomic E-state index is 5.18. The molecule has 0 fully saturated rings. The summed E-state index contributed by atoms with van der Waals surface area (Å²) in [6, 6.07) is 1.85. The zero-order valence-electron chi connectivity index (χ0n) is 11.3. The molecule has 0 unspecified atom stereocenters. The predicted octanol–water partition coefficient (Wildman–Crippen LogP) is 3.21. The molecule has 0 aliphatic rings. The number of aromatic nitrogens is 2. The average Bonchev–Trinajstić information content (AvgIpc) is 2.34. The van der Waals surface area contributed by atoms with Crippen LogP contribution in [0.3, 0.4) is 0 Å². The molecule has 0 aromatic carbocycles. The van der Waals surface area contributed by atoms with Crippen LogP contribution < -0.4 is 10.1 Å². The van der Waals surface area contributed by atoms with Crippen molar-refractivity contribution >= 4 is 5.82 Å². The van der Waals surface area contributed by atoms with Crippen LogP contribution in [0.2, 0.25) is 0 Å². The molecule has 0 aliphatic heterocycles. The van der Waals surface area contributed by atoms with Gasteiger partial charge in [0.05, 0.1) is 7.11 Å². The standard InChI is InChI=1S/C13H23N3O/c1-5-6-7-8-14-11-9-12(17-4)16-13(15-11)10(2)3/h9-10H,5-8H2,1-4H3,(H,14,15,16). The number of methoxy groups -OCH3 is 1. The molecule has 0 saturated heterocycles. The molecule has 1 rings (SSSR count). The van der Waals surface area contributed by atoms with Gasteiger partial charge in [-0.05, 0) is 6.42 Å². The van der Waals surface area contributed by atoms with Crippen molar-refractivity contribution in [1.82, 2.24) is 9.97 Å². The lowest BCUT2D eigenvalue weighted by atomic mass is 10.2. The van der Waals surface area contributed by atoms with Gasteiger partial charge in [0.25, 0.3) is 0 Å². The largest absolute Gasteiger partial charge is 0.481 e. The summed E-state index contributed by atoms with van der Waals surface area (Å²) in [4.78, 5) is 8.80. The first kappa shape index (κ1) is 13.7. The van der Waals surface area contributed by atoms with Gasteiger partial charge in [-0.15, -0.1) is 0 Å². The summed E-state index contributed by atoms with van der Waals surface area (Å²) >= 11 is 0. The van der Waals surface area contributed by atoms with Crippen molar-refractivity contribution in [3.05, 3.63) is 11.9 Å². The second kappa shape index (κ2) is 7.09. The molecule has 1 aromatic rings. The predicted molar refractivity (Wildman–Crippen MR) is 70.7 cm³/mol. The van der Waals surface area contributed by atoms with Gasteiger partial charge in [0.2, 0.25) is 5.88 Å². The Morgan fingerprint density at radius 3 is 2.65 bits per heavy atom. The Morgan fingerprint density at radius 1 is 1.29 bits per heavy atom. The van der Waals surface area contributed by atoms with Crippen LogP contribution in [0.15, 0.2) is 6.07 Å². The van der Waals surface area contributed by atoms with E-state index in [9.17, 15) is 0 Å². The first-order valence-electron chi connectivity index (χ1n) is 6.34. The highest BCUT2D eigenvalue weighted by atomic mass is 16.5. The van der Waals surface area contributed by atoms with Crippen molar-refractivity contribution < 1.29 is 4.74 Å². The van der Waals surface area contributed by atoms with Crippen molar-refractivity contribution in [2.75, 3.05) is 19.0 Å². The van der Waals surface area contributed by atoms with Gasteiger partial charge in [-0.3, -0.25) is 0 Å². The Bertz CT molecular complexity index is 339. The Kier molecular flexibility index (Phi) is 5.73. The van der Waals surface area contributed by atoms with Gasteiger partial charge in [0.1, 0.15) is 11.6 Å². The van der Waals surface area contributed by atoms with E-state index in [4.69, 9.17) is 4.74 Å². The highest BCUT2D eigenvalue weighted by Gasteiger charge is 2.07. The average molecular weight is 237 g/mol. The molecular weight excluding hydrogens is 214 g/mol. The molecule has 96 valence electrons. The highest BCUT2D eigenvalue weighted by molar-refractivity contribution is 5.38. The topological polar surface area (TPSA) is 47.0 Å². The van der Waals surface area contributed by atoms with E-state index in [2.05, 4.69) is 36.1 Å². The molecule has 0 spiro atoms. The van der Waals surface area contributed by atoms with E-state index in [1.165, 1.54) is 19.3 Å². The van der Waals surface area contributed by atoms with Crippen LogP contribution in [-0.4, -0.2) is 23.6 Å². The number of nitrogens with one attached hydrogen (secondary N) is 1. The summed E-state index contributed by atoms with van der Waals surface area (Å²) in [6.07, 6.45) is 3.64. The third-order valence-electron chi connectivity index (χ3n) is 2.53. The Labute approximate surface area is 104 Å². The molecule has 0 bridgehead atoms. The molecule has 4 nitrogen and oxygen atoms in total. The van der Waals surface area contributed by atoms with Crippen LogP contribution >= 0.6 is 0 Å². The van der Waals surface area contributed by atoms with Gasteiger partial charge in [0, 0.05) is 18.5 Å². The second-order valence-corrected chi connectivity index (χ2v) is 4.44. The van der Waals surface area contributed by atoms with E-state index < -0.39 is 0 Å². The van der Waals surface area contributed by atoms with Gasteiger partial charge in [-0.1, -0.05) is 33.6 Å². The number of nitrogens with zero attached hydrogens (tertiary/aromatic N) is 2. The summed E-state index contributed by atoms with van der Waals surface area (Å²) in [5, 5.41) is 3.32. The van der Waals surface area contributed by atoms with Gasteiger partial charge >= 0.3 is 0 Å². The van der Waals surface area contributed by atoms with E-state index in [1.54, 1.807) is 7.11 Å². The Balaban J connectivity index is 2.66. The van der Waals surface area contributed by atoms with E-state index in [0.29, 0.717) is 11.8 Å². The second-order valence-electron chi connectivity index (χ2n) is 4.44. The summed E-state index contributed by atoms with van der Waals surface area (Å²) in [5.41, 5.74) is 0. The fourth-order valence-electron chi connectivity index (χ4n) is 1.49. The first-order valence-corrected chi connectivity index (χ1v) is 6.34. The number of hydrogen-bond acceptors (Lipinski definition) is 4. The number of unbranched alkanes of at least 4 members (excludes halogenated alkanes) is 2. The van der Waals surface area contributed by atoms with E-state index in [-0.39, 0.29) is 0 Å². The minimum Gasteiger partial charge on any atom is -0.481 e. The molecule has 4 heteroatoms. The monoisotopic (exact) mass is 237 g/mol. The lowest BCUT2D eigenvalue weighted by Crippen LogP contribution is -2.07. The molecule has 1 heterocycles. The minimum atomic E-state index is 0.307. The molecule has 0 saturated carbocycles. The molecule has 17 heavy (non-hydrogen) atoms. The normalized spacial score (nSPS) is 10.6. The lowest BCUT2D eigenvalue weighted by Gasteiger charge is -2.10. The summed E-state index contributed by atoms with van der Waals surface area (Å²) in [7, 11) is 1.63. The van der Waals surface area contributed by atoms with Crippen LogP contribution in [0.4, 0.5) is 5.82 Å². The van der Waals surface area contributed by atoms with Crippen molar-refractivity contribution in [1.29, 1.82) is 0 Å². The van der Waals surface area contributed by atoms with Crippen molar-refractivity contribution in [2.24, 2.45) is 0 Å². The molecule has 1 aromatic heterocycles. The molecule has 0 atom stereocenters. The number of ether oxygens (including phenoxy) is 1. The third-order valence-corrected chi connectivity index (χ3v) is 2.53. The van der Waals surface area contributed by atoms with Crippen LogP contribution in [0.5, 0.6) is 5.88 Å². The fourth-order valence-corrected chi connectivity index (χ4v) is 1.49. The third kappa shape index (κ3) is 4.59. The first-order chi connectivity index (χ1) is 8.17. The molecule has 0 amide bonds. The molecule has 0 aliphatic carbocycles. The summed E-state index contributed by atoms with van der Waals surface area (Å²) < 4.78 is 5.18. The zero-order chi connectivity index (χ0) is 12.7. The fraction of sp³-hybridized carbons (Fsp3) is 0.692. The van der Waals surface area contributed by atoms with Crippen LogP contribution in [0.1, 0.15) is 51.8 Å². The smallest absolute Gasteiger partial charge is 0.218 e. The van der Waals surface area contributed by atoms with Crippen molar-refractivity contribution in [2.45, 2.75) is 46.0 Å². The zero-order valence-corrected chi connectivity index (χ0v) is 11.3. The Morgan fingerprint density at radius 2 is 2.06 bits per heavy atom. The van der Waals surface area contributed by atoms with Gasteiger partial charge < -0.3 is 10.1 Å². The minimum absolute atomic E-state index is 0.307. The molecular formula is C13H23N3O. The molecule has 0 radical (unpaired) electrons. The SMILES string of the molecule is CCCCCNc1cc(OC)nc(C(C)C)n1. The lowest BCUT2D eigenvalue weighted by molar-refractivity contribution is 0.394. The Hall–Kier alpha value is -1.32. The van der Waals surface area contributed by atoms with E-state index >= 15 is 0 Å². The van der Waals surface area contributed by atoms with Crippen molar-refractivity contribution in [3.63, 3.8) is 0 Å². The van der Waals surface area contributed by atoms with E-state index in [0.717, 1.165) is 18.2 Å². The van der Waals surface area contributed by atoms with Gasteiger partial charge in [-0.25, -0.2) is 4.98 Å². The maximum absolute atomic E-state index is 5.18. The van der Waals surface area contributed by atoms with Crippen molar-refractivity contribution in [3.8, 4) is 5.88 Å². The number of anilines is 1. The summed E-state index contributed by atoms with van der Waals surface area (Å²) in [6.45, 7) is 7.31. The van der Waals surface area contributed by atoms with Gasteiger partial charge in [-0.2, -0.15) is 4.98 Å². The molecule has 1 N–H and O–H groups in total. The van der Waals surface area contributed by atoms with Crippen LogP contribution in [-0.2, 0) is 0 Å². The van der Waals surface area contributed by atoms with Gasteiger partial charge in [0.15, 0.2) is 0 Å². The van der Waals surface area contributed by atoms with Crippen LogP contribution in [0.25, 0.3) is 0 Å². The summed E-state index contributed by atoms with van der Waals surface area (Å²) in [5.74, 6) is 2.61. The van der Waals surface area contributed by atoms with E-state index in [1.807, 2.05) is 6.07 Å². The quantitative estimate of drug-likeness (QED) is 0.740. The van der Waals surface area contributed by atoms with Crippen LogP contribution in [0, 0.1) is 0 Å². The number of rotatable bonds is 7. The maximum Gasteiger partial charge on any atom is 0.218 e. The number of hydrogen-bond donors (Lipinski definition) is 1.